The number of carbonyl (C=O) groups excluding carboxylic acids is 3. The number of anilines is 1. The lowest BCUT2D eigenvalue weighted by Crippen LogP contribution is -2.40. The predicted octanol–water partition coefficient (Wildman–Crippen LogP) is -0.749. The normalized spacial score (nSPS) is 9.65. The van der Waals surface area contributed by atoms with Crippen LogP contribution in [0.2, 0.25) is 0 Å². The van der Waals surface area contributed by atoms with E-state index in [9.17, 15) is 14.4 Å². The van der Waals surface area contributed by atoms with Crippen molar-refractivity contribution in [3.8, 4) is 0 Å². The molecule has 0 aromatic heterocycles. The highest BCUT2D eigenvalue weighted by molar-refractivity contribution is 5.96. The van der Waals surface area contributed by atoms with Crippen molar-refractivity contribution in [1.29, 1.82) is 0 Å². The summed E-state index contributed by atoms with van der Waals surface area (Å²) in [6.07, 6.45) is 0. The number of carbonyl (C=O) groups is 3. The van der Waals surface area contributed by atoms with Gasteiger partial charge in [0, 0.05) is 31.3 Å². The fraction of sp³-hybridized carbons (Fsp3) is 0.308. The van der Waals surface area contributed by atoms with Crippen LogP contribution >= 0.6 is 0 Å². The van der Waals surface area contributed by atoms with Gasteiger partial charge in [0.25, 0.3) is 5.91 Å². The maximum absolute atomic E-state index is 11.7. The Morgan fingerprint density at radius 2 is 1.60 bits per heavy atom. The third-order valence-electron chi connectivity index (χ3n) is 2.40. The van der Waals surface area contributed by atoms with Crippen LogP contribution in [0.3, 0.4) is 0 Å². The van der Waals surface area contributed by atoms with Crippen LogP contribution in [-0.2, 0) is 9.59 Å². The molecule has 1 rings (SSSR count). The number of nitrogens with one attached hydrogen (secondary N) is 3. The van der Waals surface area contributed by atoms with Crippen LogP contribution in [0, 0.1) is 0 Å². The Bertz CT molecular complexity index is 485. The number of hydrogen-bond donors (Lipinski definition) is 4. The minimum Gasteiger partial charge on any atom is -0.399 e. The Hall–Kier alpha value is -2.57. The summed E-state index contributed by atoms with van der Waals surface area (Å²) in [6.45, 7) is 1.95. The number of amides is 3. The molecule has 0 aliphatic carbocycles. The smallest absolute Gasteiger partial charge is 0.251 e. The van der Waals surface area contributed by atoms with Gasteiger partial charge in [-0.05, 0) is 24.3 Å². The second-order valence-electron chi connectivity index (χ2n) is 4.14. The van der Waals surface area contributed by atoms with E-state index >= 15 is 0 Å². The molecule has 0 saturated carbocycles. The van der Waals surface area contributed by atoms with E-state index in [0.717, 1.165) is 0 Å². The molecule has 7 nitrogen and oxygen atoms in total. The number of hydrogen-bond acceptors (Lipinski definition) is 4. The molecule has 5 N–H and O–H groups in total. The minimum absolute atomic E-state index is 0.122. The molecular weight excluding hydrogens is 260 g/mol. The van der Waals surface area contributed by atoms with E-state index in [1.54, 1.807) is 24.3 Å². The highest BCUT2D eigenvalue weighted by atomic mass is 16.2. The Morgan fingerprint density at radius 1 is 1.00 bits per heavy atom. The van der Waals surface area contributed by atoms with Gasteiger partial charge in [-0.25, -0.2) is 0 Å². The Labute approximate surface area is 116 Å². The van der Waals surface area contributed by atoms with Crippen LogP contribution < -0.4 is 21.7 Å². The molecule has 0 heterocycles. The summed E-state index contributed by atoms with van der Waals surface area (Å²) in [7, 11) is 0. The van der Waals surface area contributed by atoms with E-state index in [-0.39, 0.29) is 24.3 Å². The summed E-state index contributed by atoms with van der Waals surface area (Å²) in [6, 6.07) is 6.39. The average Bonchev–Trinajstić information content (AvgIpc) is 2.41. The molecule has 108 valence electrons. The molecule has 0 unspecified atom stereocenters. The quantitative estimate of drug-likeness (QED) is 0.405. The molecule has 0 radical (unpaired) electrons. The van der Waals surface area contributed by atoms with Crippen LogP contribution in [0.4, 0.5) is 5.69 Å². The minimum atomic E-state index is -0.345. The van der Waals surface area contributed by atoms with Crippen LogP contribution in [0.15, 0.2) is 24.3 Å². The summed E-state index contributed by atoms with van der Waals surface area (Å²) in [4.78, 5) is 33.7. The molecule has 0 aliphatic rings. The van der Waals surface area contributed by atoms with Gasteiger partial charge in [-0.15, -0.1) is 0 Å². The number of nitrogens with two attached hydrogens (primary N) is 1. The van der Waals surface area contributed by atoms with Crippen molar-refractivity contribution in [3.63, 3.8) is 0 Å². The molecule has 0 aliphatic heterocycles. The summed E-state index contributed by atoms with van der Waals surface area (Å²) < 4.78 is 0. The third-order valence-corrected chi connectivity index (χ3v) is 2.40. The highest BCUT2D eigenvalue weighted by Crippen LogP contribution is 2.04. The number of rotatable bonds is 6. The van der Waals surface area contributed by atoms with E-state index in [1.165, 1.54) is 6.92 Å². The van der Waals surface area contributed by atoms with Crippen molar-refractivity contribution < 1.29 is 14.4 Å². The summed E-state index contributed by atoms with van der Waals surface area (Å²) >= 11 is 0. The first-order valence-electron chi connectivity index (χ1n) is 6.14. The Morgan fingerprint density at radius 3 is 2.20 bits per heavy atom. The van der Waals surface area contributed by atoms with Crippen molar-refractivity contribution in [3.05, 3.63) is 29.8 Å². The van der Waals surface area contributed by atoms with Gasteiger partial charge in [0.15, 0.2) is 0 Å². The van der Waals surface area contributed by atoms with Gasteiger partial charge in [-0.1, -0.05) is 0 Å². The second kappa shape index (κ2) is 7.78. The summed E-state index contributed by atoms with van der Waals surface area (Å²) in [5.74, 6) is -0.822. The summed E-state index contributed by atoms with van der Waals surface area (Å²) in [5, 5.41) is 7.60. The first-order valence-corrected chi connectivity index (χ1v) is 6.14. The Balaban J connectivity index is 2.25. The first kappa shape index (κ1) is 15.5. The van der Waals surface area contributed by atoms with Crippen molar-refractivity contribution in [2.75, 3.05) is 25.4 Å². The number of benzene rings is 1. The van der Waals surface area contributed by atoms with Gasteiger partial charge in [-0.2, -0.15) is 0 Å². The van der Waals surface area contributed by atoms with E-state index in [4.69, 9.17) is 5.73 Å². The fourth-order valence-corrected chi connectivity index (χ4v) is 1.40. The molecule has 0 saturated heterocycles. The fourth-order valence-electron chi connectivity index (χ4n) is 1.40. The van der Waals surface area contributed by atoms with Crippen molar-refractivity contribution in [1.82, 2.24) is 16.0 Å². The largest absolute Gasteiger partial charge is 0.399 e. The van der Waals surface area contributed by atoms with Crippen LogP contribution in [-0.4, -0.2) is 37.4 Å². The molecule has 0 atom stereocenters. The maximum Gasteiger partial charge on any atom is 0.251 e. The molecule has 7 heteroatoms. The maximum atomic E-state index is 11.7. The predicted molar refractivity (Wildman–Crippen MR) is 74.9 cm³/mol. The average molecular weight is 278 g/mol. The van der Waals surface area contributed by atoms with Gasteiger partial charge in [0.1, 0.15) is 0 Å². The number of nitrogen functional groups attached to an aromatic ring is 1. The zero-order chi connectivity index (χ0) is 15.0. The Kier molecular flexibility index (Phi) is 6.02. The molecule has 0 fully saturated rings. The van der Waals surface area contributed by atoms with E-state index in [0.29, 0.717) is 24.3 Å². The van der Waals surface area contributed by atoms with E-state index in [2.05, 4.69) is 16.0 Å². The van der Waals surface area contributed by atoms with Gasteiger partial charge >= 0.3 is 0 Å². The van der Waals surface area contributed by atoms with Gasteiger partial charge in [0.2, 0.25) is 11.8 Å². The van der Waals surface area contributed by atoms with Crippen molar-refractivity contribution in [2.45, 2.75) is 6.92 Å². The van der Waals surface area contributed by atoms with Crippen LogP contribution in [0.25, 0.3) is 0 Å². The third kappa shape index (κ3) is 5.85. The molecule has 0 spiro atoms. The zero-order valence-corrected chi connectivity index (χ0v) is 11.2. The molecule has 1 aromatic carbocycles. The molecule has 3 amide bonds. The van der Waals surface area contributed by atoms with E-state index in [1.807, 2.05) is 0 Å². The lowest BCUT2D eigenvalue weighted by molar-refractivity contribution is -0.121. The SMILES string of the molecule is CC(=O)NCCNC(=O)CNC(=O)c1ccc(N)cc1. The highest BCUT2D eigenvalue weighted by Gasteiger charge is 2.07. The first-order chi connectivity index (χ1) is 9.49. The van der Waals surface area contributed by atoms with Gasteiger partial charge in [0.05, 0.1) is 6.54 Å². The lowest BCUT2D eigenvalue weighted by atomic mass is 10.2. The molecule has 0 bridgehead atoms. The van der Waals surface area contributed by atoms with Crippen molar-refractivity contribution >= 4 is 23.4 Å². The topological polar surface area (TPSA) is 113 Å². The van der Waals surface area contributed by atoms with Crippen LogP contribution in [0.1, 0.15) is 17.3 Å². The molecular formula is C13H18N4O3. The second-order valence-corrected chi connectivity index (χ2v) is 4.14. The lowest BCUT2D eigenvalue weighted by Gasteiger charge is -2.07. The van der Waals surface area contributed by atoms with Crippen molar-refractivity contribution in [2.24, 2.45) is 0 Å². The van der Waals surface area contributed by atoms with Gasteiger partial charge < -0.3 is 21.7 Å². The molecule has 1 aromatic rings. The van der Waals surface area contributed by atoms with E-state index < -0.39 is 0 Å². The van der Waals surface area contributed by atoms with Gasteiger partial charge in [-0.3, -0.25) is 14.4 Å². The molecule has 20 heavy (non-hydrogen) atoms. The summed E-state index contributed by atoms with van der Waals surface area (Å²) in [5.41, 5.74) is 6.51. The zero-order valence-electron chi connectivity index (χ0n) is 11.2. The monoisotopic (exact) mass is 278 g/mol. The standard InChI is InChI=1S/C13H18N4O3/c1-9(18)15-6-7-16-12(19)8-17-13(20)10-2-4-11(14)5-3-10/h2-5H,6-8,14H2,1H3,(H,15,18)(H,16,19)(H,17,20). The van der Waals surface area contributed by atoms with Crippen LogP contribution in [0.5, 0.6) is 0 Å².